The zero-order chi connectivity index (χ0) is 19.9. The third-order valence-corrected chi connectivity index (χ3v) is 5.14. The van der Waals surface area contributed by atoms with Crippen molar-refractivity contribution in [3.63, 3.8) is 0 Å². The maximum Gasteiger partial charge on any atom is 2.00 e. The molecule has 30 heavy (non-hydrogen) atoms. The molecule has 10 radical (unpaired) electrons. The first kappa shape index (κ1) is 23.3. The fourth-order valence-electron chi connectivity index (χ4n) is 3.15. The molecule has 2 saturated carbocycles. The minimum absolute atomic E-state index is 0. The van der Waals surface area contributed by atoms with Crippen LogP contribution in [-0.4, -0.2) is 9.78 Å². The van der Waals surface area contributed by atoms with Crippen molar-refractivity contribution < 1.29 is 17.1 Å². The van der Waals surface area contributed by atoms with Gasteiger partial charge in [0.1, 0.15) is 0 Å². The maximum atomic E-state index is 4.85. The van der Waals surface area contributed by atoms with Gasteiger partial charge in [-0.05, 0) is 87.1 Å². The van der Waals surface area contributed by atoms with E-state index in [1.54, 1.807) is 0 Å². The number of halogens is 1. The number of rotatable bonds is 4. The van der Waals surface area contributed by atoms with Crippen LogP contribution in [-0.2, 0) is 23.6 Å². The van der Waals surface area contributed by atoms with Crippen molar-refractivity contribution in [2.75, 3.05) is 0 Å². The molecule has 4 heteroatoms. The number of hydrogen-bond acceptors (Lipinski definition) is 1. The van der Waals surface area contributed by atoms with Gasteiger partial charge in [0.15, 0.2) is 0 Å². The molecule has 2 aliphatic rings. The molecule has 0 unspecified atom stereocenters. The van der Waals surface area contributed by atoms with Gasteiger partial charge in [0.05, 0.1) is 17.9 Å². The Morgan fingerprint density at radius 1 is 0.733 bits per heavy atom. The summed E-state index contributed by atoms with van der Waals surface area (Å²) in [6.45, 7) is 0.757. The zero-order valence-corrected chi connectivity index (χ0v) is 19.0. The molecule has 0 N–H and O–H groups in total. The second-order valence-corrected chi connectivity index (χ2v) is 7.62. The summed E-state index contributed by atoms with van der Waals surface area (Å²) in [5.74, 6) is 1.15. The van der Waals surface area contributed by atoms with Crippen molar-refractivity contribution in [1.29, 1.82) is 0 Å². The summed E-state index contributed by atoms with van der Waals surface area (Å²) in [6, 6.07) is 21.0. The summed E-state index contributed by atoms with van der Waals surface area (Å²) < 4.78 is 3.16. The minimum Gasteiger partial charge on any atom is -0.260 e. The topological polar surface area (TPSA) is 17.8 Å². The summed E-state index contributed by atoms with van der Waals surface area (Å²) in [4.78, 5) is 0. The van der Waals surface area contributed by atoms with Gasteiger partial charge in [0, 0.05) is 10.4 Å². The van der Waals surface area contributed by atoms with Crippen molar-refractivity contribution in [3.8, 4) is 11.3 Å². The summed E-state index contributed by atoms with van der Waals surface area (Å²) in [7, 11) is 0. The van der Waals surface area contributed by atoms with Crippen molar-refractivity contribution in [1.82, 2.24) is 9.78 Å². The first-order valence-electron chi connectivity index (χ1n) is 9.56. The second-order valence-electron chi connectivity index (χ2n) is 6.70. The number of aromatic nitrogens is 2. The van der Waals surface area contributed by atoms with Crippen molar-refractivity contribution >= 4 is 15.9 Å². The fraction of sp³-hybridized carbons (Fsp3) is 0.0385. The number of hydrogen-bond donors (Lipinski definition) is 0. The van der Waals surface area contributed by atoms with Crippen LogP contribution < -0.4 is 0 Å². The molecule has 148 valence electrons. The third-order valence-electron chi connectivity index (χ3n) is 4.61. The maximum absolute atomic E-state index is 4.85. The quantitative estimate of drug-likeness (QED) is 0.397. The van der Waals surface area contributed by atoms with E-state index in [2.05, 4.69) is 88.1 Å². The molecule has 0 spiro atoms. The van der Waals surface area contributed by atoms with Gasteiger partial charge in [-0.1, -0.05) is 58.4 Å². The van der Waals surface area contributed by atoms with Gasteiger partial charge in [0.25, 0.3) is 0 Å². The third kappa shape index (κ3) is 6.32. The summed E-state index contributed by atoms with van der Waals surface area (Å²) >= 11 is 3.50. The molecule has 2 fully saturated rings. The SMILES string of the molecule is Brc1ccc(-c2cc([C]3[CH][CH][CH][CH]3)nn2Cc2ccccc2)cc1.[CH]1[CH][CH][CH][CH]1.[Fe+2]. The second kappa shape index (κ2) is 11.9. The predicted molar refractivity (Wildman–Crippen MR) is 122 cm³/mol. The normalized spacial score (nSPS) is 16.0. The molecule has 5 rings (SSSR count). The first-order valence-corrected chi connectivity index (χ1v) is 10.4. The largest absolute Gasteiger partial charge is 2.00 e. The van der Waals surface area contributed by atoms with E-state index in [1.165, 1.54) is 11.1 Å². The monoisotopic (exact) mass is 496 g/mol. The standard InChI is InChI=1S/C21H16BrN2.C5H5.Fe/c22-19-12-10-18(11-13-19)21-14-20(17-8-4-5-9-17)23-24(21)15-16-6-2-1-3-7-16;1-2-4-5-3-1;/h1-14H,15H2;1-5H;/q;;+2. The van der Waals surface area contributed by atoms with E-state index < -0.39 is 0 Å². The van der Waals surface area contributed by atoms with Crippen LogP contribution in [0.3, 0.4) is 0 Å². The van der Waals surface area contributed by atoms with Crippen LogP contribution in [0.5, 0.6) is 0 Å². The molecular formula is C26H21BrFeN2+2. The Morgan fingerprint density at radius 3 is 1.93 bits per heavy atom. The van der Waals surface area contributed by atoms with Crippen molar-refractivity contribution in [3.05, 3.63) is 140 Å². The molecule has 1 heterocycles. The molecule has 0 aliphatic heterocycles. The predicted octanol–water partition coefficient (Wildman–Crippen LogP) is 6.13. The Morgan fingerprint density at radius 2 is 1.33 bits per heavy atom. The molecule has 1 aromatic heterocycles. The average Bonchev–Trinajstić information content (AvgIpc) is 3.52. The summed E-state index contributed by atoms with van der Waals surface area (Å²) in [6.07, 6.45) is 18.3. The number of benzene rings is 2. The van der Waals surface area contributed by atoms with Crippen LogP contribution >= 0.6 is 15.9 Å². The first-order chi connectivity index (χ1) is 14.3. The van der Waals surface area contributed by atoms with E-state index in [4.69, 9.17) is 5.10 Å². The van der Waals surface area contributed by atoms with Gasteiger partial charge in [0.2, 0.25) is 0 Å². The Hall–Kier alpha value is -1.35. The van der Waals surface area contributed by atoms with Gasteiger partial charge in [-0.15, -0.1) is 0 Å². The van der Waals surface area contributed by atoms with Crippen LogP contribution in [0, 0.1) is 63.7 Å². The average molecular weight is 497 g/mol. The van der Waals surface area contributed by atoms with E-state index >= 15 is 0 Å². The molecule has 2 nitrogen and oxygen atoms in total. The van der Waals surface area contributed by atoms with Gasteiger partial charge in [-0.25, -0.2) is 0 Å². The smallest absolute Gasteiger partial charge is 0.260 e. The van der Waals surface area contributed by atoms with Crippen LogP contribution in [0.1, 0.15) is 11.3 Å². The molecular weight excluding hydrogens is 476 g/mol. The molecule has 2 aromatic carbocycles. The Bertz CT molecular complexity index is 872. The number of nitrogens with zero attached hydrogens (tertiary/aromatic N) is 2. The van der Waals surface area contributed by atoms with E-state index in [1.807, 2.05) is 51.0 Å². The van der Waals surface area contributed by atoms with E-state index in [0.29, 0.717) is 0 Å². The molecule has 2 aliphatic carbocycles. The van der Waals surface area contributed by atoms with Crippen LogP contribution in [0.4, 0.5) is 0 Å². The Kier molecular flexibility index (Phi) is 9.24. The van der Waals surface area contributed by atoms with Gasteiger partial charge in [-0.3, -0.25) is 4.68 Å². The van der Waals surface area contributed by atoms with Crippen LogP contribution in [0.2, 0.25) is 0 Å². The Balaban J connectivity index is 0.000000376. The van der Waals surface area contributed by atoms with Crippen molar-refractivity contribution in [2.24, 2.45) is 0 Å². The molecule has 0 saturated heterocycles. The van der Waals surface area contributed by atoms with Gasteiger partial charge in [-0.2, -0.15) is 5.10 Å². The van der Waals surface area contributed by atoms with E-state index in [9.17, 15) is 0 Å². The van der Waals surface area contributed by atoms with Crippen LogP contribution in [0.15, 0.2) is 65.1 Å². The molecule has 0 bridgehead atoms. The molecule has 0 atom stereocenters. The molecule has 3 aromatic rings. The Labute approximate surface area is 200 Å². The molecule has 0 amide bonds. The van der Waals surface area contributed by atoms with E-state index in [-0.39, 0.29) is 17.1 Å². The van der Waals surface area contributed by atoms with Crippen molar-refractivity contribution in [2.45, 2.75) is 6.54 Å². The zero-order valence-electron chi connectivity index (χ0n) is 16.3. The summed E-state index contributed by atoms with van der Waals surface area (Å²) in [5, 5.41) is 4.85. The fourth-order valence-corrected chi connectivity index (χ4v) is 3.42. The minimum atomic E-state index is 0. The van der Waals surface area contributed by atoms with E-state index in [0.717, 1.165) is 28.3 Å². The summed E-state index contributed by atoms with van der Waals surface area (Å²) in [5.41, 5.74) is 4.55. The van der Waals surface area contributed by atoms with Gasteiger partial charge >= 0.3 is 17.1 Å². The van der Waals surface area contributed by atoms with Crippen LogP contribution in [0.25, 0.3) is 11.3 Å². The van der Waals surface area contributed by atoms with Gasteiger partial charge < -0.3 is 0 Å².